The van der Waals surface area contributed by atoms with E-state index in [1.54, 1.807) is 17.0 Å². The van der Waals surface area contributed by atoms with Crippen LogP contribution in [0.1, 0.15) is 12.7 Å². The molecule has 0 bridgehead atoms. The predicted molar refractivity (Wildman–Crippen MR) is 81.5 cm³/mol. The fourth-order valence-corrected chi connectivity index (χ4v) is 2.26. The first-order valence-corrected chi connectivity index (χ1v) is 6.94. The molecule has 3 N–H and O–H groups in total. The Morgan fingerprint density at radius 2 is 2.14 bits per heavy atom. The van der Waals surface area contributed by atoms with E-state index < -0.39 is 0 Å². The van der Waals surface area contributed by atoms with Gasteiger partial charge < -0.3 is 5.32 Å². The summed E-state index contributed by atoms with van der Waals surface area (Å²) in [6, 6.07) is 7.28. The number of hydrogen-bond acceptors (Lipinski definition) is 5. The summed E-state index contributed by atoms with van der Waals surface area (Å²) in [5.74, 6) is 0.529. The molecular weight excluding hydrogens is 284 g/mol. The molecule has 0 spiro atoms. The molecule has 1 atom stereocenters. The van der Waals surface area contributed by atoms with Crippen LogP contribution in [0, 0.1) is 0 Å². The predicted octanol–water partition coefficient (Wildman–Crippen LogP) is -0.0138. The number of hydrogen-bond donors (Lipinski definition) is 3. The first kappa shape index (κ1) is 14.2. The highest BCUT2D eigenvalue weighted by Gasteiger charge is 2.08. The number of nitrogens with zero attached hydrogens (tertiary/aromatic N) is 3. The van der Waals surface area contributed by atoms with Crippen LogP contribution in [0.2, 0.25) is 0 Å². The highest BCUT2D eigenvalue weighted by molar-refractivity contribution is 5.76. The second-order valence-corrected chi connectivity index (χ2v) is 5.13. The van der Waals surface area contributed by atoms with Gasteiger partial charge in [-0.3, -0.25) is 14.3 Å². The molecule has 0 aliphatic carbocycles. The first-order valence-electron chi connectivity index (χ1n) is 6.94. The fourth-order valence-electron chi connectivity index (χ4n) is 2.26. The summed E-state index contributed by atoms with van der Waals surface area (Å²) in [4.78, 5) is 30.2. The van der Waals surface area contributed by atoms with Crippen LogP contribution >= 0.6 is 0 Å². The number of aromatic nitrogens is 5. The molecule has 0 radical (unpaired) electrons. The lowest BCUT2D eigenvalue weighted by Gasteiger charge is -2.14. The van der Waals surface area contributed by atoms with Gasteiger partial charge in [0.05, 0.1) is 23.8 Å². The zero-order chi connectivity index (χ0) is 15.5. The number of rotatable bonds is 5. The van der Waals surface area contributed by atoms with Crippen LogP contribution in [0.5, 0.6) is 0 Å². The molecule has 3 rings (SSSR count). The molecule has 0 aliphatic rings. The molecule has 0 saturated carbocycles. The van der Waals surface area contributed by atoms with Gasteiger partial charge in [0.2, 0.25) is 0 Å². The zero-order valence-corrected chi connectivity index (χ0v) is 12.0. The van der Waals surface area contributed by atoms with Gasteiger partial charge in [0, 0.05) is 12.6 Å². The topological polar surface area (TPSA) is 108 Å². The van der Waals surface area contributed by atoms with E-state index in [0.717, 1.165) is 0 Å². The van der Waals surface area contributed by atoms with Crippen molar-refractivity contribution < 1.29 is 0 Å². The van der Waals surface area contributed by atoms with Crippen LogP contribution < -0.4 is 16.6 Å². The average molecular weight is 300 g/mol. The van der Waals surface area contributed by atoms with Gasteiger partial charge in [0.1, 0.15) is 5.82 Å². The van der Waals surface area contributed by atoms with E-state index >= 15 is 0 Å². The molecule has 0 unspecified atom stereocenters. The number of aromatic amines is 2. The number of benzene rings is 1. The maximum atomic E-state index is 12.4. The molecule has 8 heteroatoms. The van der Waals surface area contributed by atoms with Crippen LogP contribution in [0.15, 0.2) is 40.2 Å². The molecule has 2 heterocycles. The van der Waals surface area contributed by atoms with Gasteiger partial charge in [-0.25, -0.2) is 14.9 Å². The van der Waals surface area contributed by atoms with E-state index in [1.165, 1.54) is 0 Å². The third kappa shape index (κ3) is 2.96. The summed E-state index contributed by atoms with van der Waals surface area (Å²) < 4.78 is 1.58. The molecule has 0 aliphatic heterocycles. The van der Waals surface area contributed by atoms with Crippen LogP contribution in [-0.4, -0.2) is 30.8 Å². The molecule has 22 heavy (non-hydrogen) atoms. The Labute approximate surface area is 125 Å². The minimum absolute atomic E-state index is 0.0147. The highest BCUT2D eigenvalue weighted by Crippen LogP contribution is 2.04. The largest absolute Gasteiger partial charge is 0.340 e. The second kappa shape index (κ2) is 5.94. The smallest absolute Gasteiger partial charge is 0.306 e. The van der Waals surface area contributed by atoms with Crippen LogP contribution in [-0.2, 0) is 13.1 Å². The van der Waals surface area contributed by atoms with E-state index in [2.05, 4.69) is 25.5 Å². The molecule has 114 valence electrons. The Bertz CT molecular complexity index is 894. The van der Waals surface area contributed by atoms with Crippen molar-refractivity contribution in [1.29, 1.82) is 0 Å². The molecular formula is C14H16N6O2. The summed E-state index contributed by atoms with van der Waals surface area (Å²) in [7, 11) is 0. The Morgan fingerprint density at radius 3 is 2.91 bits per heavy atom. The molecule has 1 aromatic carbocycles. The van der Waals surface area contributed by atoms with Gasteiger partial charge in [0.25, 0.3) is 5.56 Å². The Hall–Kier alpha value is -2.74. The van der Waals surface area contributed by atoms with Crippen molar-refractivity contribution in [3.63, 3.8) is 0 Å². The molecule has 3 aromatic rings. The van der Waals surface area contributed by atoms with Crippen LogP contribution in [0.4, 0.5) is 0 Å². The van der Waals surface area contributed by atoms with E-state index in [0.29, 0.717) is 29.8 Å². The fraction of sp³-hybridized carbons (Fsp3) is 0.286. The van der Waals surface area contributed by atoms with Crippen molar-refractivity contribution >= 4 is 10.9 Å². The van der Waals surface area contributed by atoms with Gasteiger partial charge in [-0.2, -0.15) is 5.10 Å². The first-order chi connectivity index (χ1) is 10.6. The summed E-state index contributed by atoms with van der Waals surface area (Å²) in [6.07, 6.45) is 1.55. The van der Waals surface area contributed by atoms with Crippen LogP contribution in [0.3, 0.4) is 0 Å². The van der Waals surface area contributed by atoms with Crippen molar-refractivity contribution in [2.24, 2.45) is 0 Å². The lowest BCUT2D eigenvalue weighted by atomic mass is 10.2. The second-order valence-electron chi connectivity index (χ2n) is 5.13. The van der Waals surface area contributed by atoms with Crippen molar-refractivity contribution in [3.05, 3.63) is 57.3 Å². The SMILES string of the molecule is C[C@H](Cn1cnc2ccccc2c1=O)NCc1n[nH]c(=O)[nH]1. The van der Waals surface area contributed by atoms with Gasteiger partial charge in [-0.1, -0.05) is 12.1 Å². The quantitative estimate of drug-likeness (QED) is 0.614. The normalized spacial score (nSPS) is 12.6. The standard InChI is InChI=1S/C14H16N6O2/c1-9(15-6-12-17-14(22)19-18-12)7-20-8-16-11-5-3-2-4-10(11)13(20)21/h2-5,8-9,15H,6-7H2,1H3,(H2,17,18,19,22)/t9-/m1/s1. The number of fused-ring (bicyclic) bond motifs is 1. The minimum atomic E-state index is -0.334. The van der Waals surface area contributed by atoms with Crippen molar-refractivity contribution in [2.75, 3.05) is 0 Å². The van der Waals surface area contributed by atoms with Crippen molar-refractivity contribution in [3.8, 4) is 0 Å². The molecule has 2 aromatic heterocycles. The van der Waals surface area contributed by atoms with E-state index in [1.807, 2.05) is 25.1 Å². The van der Waals surface area contributed by atoms with E-state index in [9.17, 15) is 9.59 Å². The van der Waals surface area contributed by atoms with E-state index in [4.69, 9.17) is 0 Å². The summed E-state index contributed by atoms with van der Waals surface area (Å²) in [5.41, 5.74) is 0.297. The highest BCUT2D eigenvalue weighted by atomic mass is 16.1. The van der Waals surface area contributed by atoms with Gasteiger partial charge in [0.15, 0.2) is 0 Å². The Balaban J connectivity index is 1.71. The monoisotopic (exact) mass is 300 g/mol. The third-order valence-corrected chi connectivity index (χ3v) is 3.37. The summed E-state index contributed by atoms with van der Waals surface area (Å²) in [5, 5.41) is 9.92. The van der Waals surface area contributed by atoms with E-state index in [-0.39, 0.29) is 17.3 Å². The average Bonchev–Trinajstić information content (AvgIpc) is 2.94. The maximum absolute atomic E-state index is 12.4. The summed E-state index contributed by atoms with van der Waals surface area (Å²) >= 11 is 0. The minimum Gasteiger partial charge on any atom is -0.306 e. The summed E-state index contributed by atoms with van der Waals surface area (Å²) in [6.45, 7) is 2.84. The Morgan fingerprint density at radius 1 is 1.32 bits per heavy atom. The lowest BCUT2D eigenvalue weighted by molar-refractivity contribution is 0.461. The van der Waals surface area contributed by atoms with Crippen molar-refractivity contribution in [2.45, 2.75) is 26.1 Å². The number of nitrogens with one attached hydrogen (secondary N) is 3. The van der Waals surface area contributed by atoms with Gasteiger partial charge in [-0.15, -0.1) is 0 Å². The molecule has 0 saturated heterocycles. The van der Waals surface area contributed by atoms with Gasteiger partial charge in [-0.05, 0) is 19.1 Å². The number of para-hydroxylation sites is 1. The van der Waals surface area contributed by atoms with Crippen molar-refractivity contribution in [1.82, 2.24) is 30.0 Å². The number of H-pyrrole nitrogens is 2. The third-order valence-electron chi connectivity index (χ3n) is 3.37. The lowest BCUT2D eigenvalue weighted by Crippen LogP contribution is -2.34. The molecule has 0 fully saturated rings. The Kier molecular flexibility index (Phi) is 3.84. The molecule has 0 amide bonds. The maximum Gasteiger partial charge on any atom is 0.340 e. The molecule has 8 nitrogen and oxygen atoms in total. The van der Waals surface area contributed by atoms with Crippen LogP contribution in [0.25, 0.3) is 10.9 Å². The zero-order valence-electron chi connectivity index (χ0n) is 12.0. The van der Waals surface area contributed by atoms with Gasteiger partial charge >= 0.3 is 5.69 Å².